The summed E-state index contributed by atoms with van der Waals surface area (Å²) in [5, 5.41) is 3.35. The van der Waals surface area contributed by atoms with Gasteiger partial charge in [-0.3, -0.25) is 0 Å². The number of hydrogen-bond donors (Lipinski definition) is 5. The Hall–Kier alpha value is 0.220. The lowest BCUT2D eigenvalue weighted by molar-refractivity contribution is 0.225. The second-order valence-electron chi connectivity index (χ2n) is 3.23. The van der Waals surface area contributed by atoms with Gasteiger partial charge in [0, 0.05) is 0 Å². The van der Waals surface area contributed by atoms with E-state index in [2.05, 4.69) is 9.63 Å². The van der Waals surface area contributed by atoms with Crippen LogP contribution in [0.15, 0.2) is 0 Å². The van der Waals surface area contributed by atoms with E-state index in [-0.39, 0.29) is 0 Å². The van der Waals surface area contributed by atoms with Crippen LogP contribution in [0.2, 0.25) is 0 Å². The minimum Gasteiger partial charge on any atom is -0.317 e. The maximum Gasteiger partial charge on any atom is 0.478 e. The maximum absolute atomic E-state index is 9.63. The first-order chi connectivity index (χ1) is 7.21. The molecule has 5 N–H and O–H groups in total. The summed E-state index contributed by atoms with van der Waals surface area (Å²) in [7, 11) is -10.1. The van der Waals surface area contributed by atoms with Crippen LogP contribution in [0.3, 0.4) is 0 Å². The highest BCUT2D eigenvalue weighted by Crippen LogP contribution is 2.53. The van der Waals surface area contributed by atoms with Crippen LogP contribution in [0.1, 0.15) is 25.7 Å². The standard InChI is InChI=1S/C6H13N.H4O7P2/c1-2-4-6-7-5-3-1;1-8(2,3)7-9(4,5)6/h7H,1-6H2;(H2,1,2,3)(H2,4,5,6). The van der Waals surface area contributed by atoms with Gasteiger partial charge >= 0.3 is 15.6 Å². The molecular formula is C6H17NO7P2. The van der Waals surface area contributed by atoms with E-state index in [0.717, 1.165) is 0 Å². The second-order valence-corrected chi connectivity index (χ2v) is 5.84. The molecule has 0 aliphatic carbocycles. The molecule has 0 aromatic carbocycles. The SMILES string of the molecule is C1CCCNCC1.O=P(O)(O)OP(=O)(O)O. The Bertz CT molecular complexity index is 232. The predicted octanol–water partition coefficient (Wildman–Crippen LogP) is 0.338. The minimum atomic E-state index is -5.05. The van der Waals surface area contributed by atoms with Gasteiger partial charge in [-0.25, -0.2) is 9.13 Å². The van der Waals surface area contributed by atoms with Crippen molar-refractivity contribution in [3.05, 3.63) is 0 Å². The van der Waals surface area contributed by atoms with Crippen LogP contribution in [0.5, 0.6) is 0 Å². The first-order valence-electron chi connectivity index (χ1n) is 4.74. The van der Waals surface area contributed by atoms with Gasteiger partial charge in [0.15, 0.2) is 0 Å². The molecule has 0 saturated carbocycles. The van der Waals surface area contributed by atoms with E-state index in [4.69, 9.17) is 19.6 Å². The third kappa shape index (κ3) is 14.2. The quantitative estimate of drug-likeness (QED) is 0.456. The fourth-order valence-electron chi connectivity index (χ4n) is 1.12. The van der Waals surface area contributed by atoms with E-state index in [9.17, 15) is 9.13 Å². The third-order valence-corrected chi connectivity index (χ3v) is 3.37. The van der Waals surface area contributed by atoms with Crippen LogP contribution in [0, 0.1) is 0 Å². The lowest BCUT2D eigenvalue weighted by atomic mass is 10.2. The zero-order valence-corrected chi connectivity index (χ0v) is 10.4. The lowest BCUT2D eigenvalue weighted by Gasteiger charge is -2.03. The molecule has 0 aromatic rings. The zero-order valence-electron chi connectivity index (χ0n) is 8.65. The monoisotopic (exact) mass is 277 g/mol. The van der Waals surface area contributed by atoms with E-state index in [1.807, 2.05) is 0 Å². The summed E-state index contributed by atoms with van der Waals surface area (Å²) in [6.07, 6.45) is 5.65. The number of nitrogens with one attached hydrogen (secondary N) is 1. The Morgan fingerprint density at radius 2 is 1.19 bits per heavy atom. The third-order valence-electron chi connectivity index (χ3n) is 1.67. The van der Waals surface area contributed by atoms with Gasteiger partial charge in [-0.2, -0.15) is 4.31 Å². The summed E-state index contributed by atoms with van der Waals surface area (Å²) in [6, 6.07) is 0. The molecule has 1 aliphatic rings. The highest BCUT2D eigenvalue weighted by molar-refractivity contribution is 7.60. The molecule has 1 aliphatic heterocycles. The Morgan fingerprint density at radius 3 is 1.44 bits per heavy atom. The van der Waals surface area contributed by atoms with Crippen LogP contribution >= 0.6 is 15.6 Å². The number of hydrogen-bond acceptors (Lipinski definition) is 4. The summed E-state index contributed by atoms with van der Waals surface area (Å²) < 4.78 is 22.2. The van der Waals surface area contributed by atoms with E-state index >= 15 is 0 Å². The van der Waals surface area contributed by atoms with Crippen molar-refractivity contribution in [3.63, 3.8) is 0 Å². The van der Waals surface area contributed by atoms with Gasteiger partial charge in [0.25, 0.3) is 0 Å². The smallest absolute Gasteiger partial charge is 0.317 e. The van der Waals surface area contributed by atoms with Crippen LogP contribution in [0.4, 0.5) is 0 Å². The van der Waals surface area contributed by atoms with Crippen molar-refractivity contribution in [2.45, 2.75) is 25.7 Å². The molecular weight excluding hydrogens is 260 g/mol. The molecule has 16 heavy (non-hydrogen) atoms. The van der Waals surface area contributed by atoms with Crippen LogP contribution in [-0.4, -0.2) is 32.7 Å². The Labute approximate surface area is 93.5 Å². The molecule has 8 nitrogen and oxygen atoms in total. The molecule has 0 bridgehead atoms. The average Bonchev–Trinajstić information content (AvgIpc) is 2.26. The van der Waals surface area contributed by atoms with Gasteiger partial charge in [0.05, 0.1) is 0 Å². The summed E-state index contributed by atoms with van der Waals surface area (Å²) in [4.78, 5) is 31.0. The molecule has 1 fully saturated rings. The topological polar surface area (TPSA) is 136 Å². The number of phosphoric acid groups is 2. The fourth-order valence-corrected chi connectivity index (χ4v) is 2.23. The Balaban J connectivity index is 0.000000288. The molecule has 98 valence electrons. The van der Waals surface area contributed by atoms with Gasteiger partial charge in [-0.05, 0) is 25.9 Å². The molecule has 10 heteroatoms. The predicted molar refractivity (Wildman–Crippen MR) is 56.5 cm³/mol. The van der Waals surface area contributed by atoms with Crippen molar-refractivity contribution in [3.8, 4) is 0 Å². The molecule has 0 atom stereocenters. The molecule has 0 amide bonds. The summed E-state index contributed by atoms with van der Waals surface area (Å²) >= 11 is 0. The normalized spacial score (nSPS) is 18.2. The second kappa shape index (κ2) is 7.53. The molecule has 0 radical (unpaired) electrons. The molecule has 1 rings (SSSR count). The van der Waals surface area contributed by atoms with E-state index in [0.29, 0.717) is 0 Å². The first-order valence-corrected chi connectivity index (χ1v) is 7.80. The summed E-state index contributed by atoms with van der Waals surface area (Å²) in [5.74, 6) is 0. The van der Waals surface area contributed by atoms with Crippen LogP contribution in [-0.2, 0) is 13.4 Å². The van der Waals surface area contributed by atoms with E-state index in [1.165, 1.54) is 38.8 Å². The van der Waals surface area contributed by atoms with Gasteiger partial charge in [0.1, 0.15) is 0 Å². The van der Waals surface area contributed by atoms with Gasteiger partial charge in [-0.15, -0.1) is 0 Å². The fraction of sp³-hybridized carbons (Fsp3) is 1.00. The molecule has 1 heterocycles. The van der Waals surface area contributed by atoms with Crippen molar-refractivity contribution in [1.29, 1.82) is 0 Å². The van der Waals surface area contributed by atoms with Crippen molar-refractivity contribution < 1.29 is 33.0 Å². The zero-order chi connectivity index (χ0) is 12.7. The molecule has 0 unspecified atom stereocenters. The molecule has 0 spiro atoms. The molecule has 0 aromatic heterocycles. The van der Waals surface area contributed by atoms with E-state index in [1.54, 1.807) is 0 Å². The van der Waals surface area contributed by atoms with Crippen molar-refractivity contribution in [1.82, 2.24) is 5.32 Å². The number of rotatable bonds is 2. The van der Waals surface area contributed by atoms with Gasteiger partial charge in [-0.1, -0.05) is 12.8 Å². The minimum absolute atomic E-state index is 1.25. The largest absolute Gasteiger partial charge is 0.478 e. The Kier molecular flexibility index (Phi) is 7.63. The highest BCUT2D eigenvalue weighted by atomic mass is 31.3. The first kappa shape index (κ1) is 16.2. The maximum atomic E-state index is 9.63. The summed E-state index contributed by atoms with van der Waals surface area (Å²) in [5.41, 5.74) is 0. The van der Waals surface area contributed by atoms with Crippen molar-refractivity contribution in [2.24, 2.45) is 0 Å². The van der Waals surface area contributed by atoms with Gasteiger partial charge < -0.3 is 24.9 Å². The highest BCUT2D eigenvalue weighted by Gasteiger charge is 2.27. The Morgan fingerprint density at radius 1 is 0.812 bits per heavy atom. The summed E-state index contributed by atoms with van der Waals surface area (Å²) in [6.45, 7) is 2.50. The average molecular weight is 277 g/mol. The van der Waals surface area contributed by atoms with Crippen LogP contribution in [0.25, 0.3) is 0 Å². The molecule has 1 saturated heterocycles. The van der Waals surface area contributed by atoms with Crippen molar-refractivity contribution in [2.75, 3.05) is 13.1 Å². The van der Waals surface area contributed by atoms with Crippen molar-refractivity contribution >= 4 is 15.6 Å². The van der Waals surface area contributed by atoms with Crippen LogP contribution < -0.4 is 5.32 Å². The van der Waals surface area contributed by atoms with E-state index < -0.39 is 15.6 Å². The van der Waals surface area contributed by atoms with Gasteiger partial charge in [0.2, 0.25) is 0 Å². The lowest BCUT2D eigenvalue weighted by Crippen LogP contribution is -2.12.